The van der Waals surface area contributed by atoms with Gasteiger partial charge in [-0.3, -0.25) is 9.69 Å². The average Bonchev–Trinajstić information content (AvgIpc) is 3.56. The van der Waals surface area contributed by atoms with Gasteiger partial charge in [0.05, 0.1) is 0 Å². The molecule has 0 spiro atoms. The fraction of sp³-hybridized carbons (Fsp3) is 0.345. The fourth-order valence-corrected chi connectivity index (χ4v) is 5.72. The molecule has 0 bridgehead atoms. The number of hydrogen-bond acceptors (Lipinski definition) is 5. The van der Waals surface area contributed by atoms with Crippen molar-refractivity contribution in [2.75, 3.05) is 57.5 Å². The molecule has 3 aromatic carbocycles. The van der Waals surface area contributed by atoms with Crippen LogP contribution in [0.4, 0.5) is 14.5 Å². The lowest BCUT2D eigenvalue weighted by atomic mass is 9.88. The number of piperazine rings is 1. The van der Waals surface area contributed by atoms with Gasteiger partial charge in [0.1, 0.15) is 11.6 Å². The van der Waals surface area contributed by atoms with E-state index in [4.69, 9.17) is 9.47 Å². The first-order valence-electron chi connectivity index (χ1n) is 12.7. The number of benzene rings is 3. The van der Waals surface area contributed by atoms with E-state index in [2.05, 4.69) is 9.80 Å². The first-order chi connectivity index (χ1) is 18.0. The smallest absolute Gasteiger partial charge is 0.254 e. The van der Waals surface area contributed by atoms with Gasteiger partial charge in [-0.1, -0.05) is 12.1 Å². The topological polar surface area (TPSA) is 45.3 Å². The number of halogens is 2. The summed E-state index contributed by atoms with van der Waals surface area (Å²) < 4.78 is 38.3. The molecular weight excluding hydrogens is 476 g/mol. The molecule has 3 aromatic rings. The van der Waals surface area contributed by atoms with E-state index in [-0.39, 0.29) is 36.2 Å². The van der Waals surface area contributed by atoms with Gasteiger partial charge in [-0.25, -0.2) is 8.78 Å². The molecule has 2 saturated heterocycles. The highest BCUT2D eigenvalue weighted by molar-refractivity contribution is 5.95. The van der Waals surface area contributed by atoms with Gasteiger partial charge in [0.25, 0.3) is 5.91 Å². The van der Waals surface area contributed by atoms with Crippen LogP contribution in [0.3, 0.4) is 0 Å². The van der Waals surface area contributed by atoms with E-state index in [9.17, 15) is 13.6 Å². The van der Waals surface area contributed by atoms with Crippen LogP contribution >= 0.6 is 0 Å². The summed E-state index contributed by atoms with van der Waals surface area (Å²) >= 11 is 0. The molecule has 0 N–H and O–H groups in total. The Morgan fingerprint density at radius 3 is 2.41 bits per heavy atom. The van der Waals surface area contributed by atoms with E-state index in [1.165, 1.54) is 18.2 Å². The Morgan fingerprint density at radius 2 is 1.62 bits per heavy atom. The molecule has 0 aromatic heterocycles. The van der Waals surface area contributed by atoms with Crippen molar-refractivity contribution in [2.24, 2.45) is 5.92 Å². The van der Waals surface area contributed by atoms with Gasteiger partial charge >= 0.3 is 0 Å². The second kappa shape index (κ2) is 10.0. The van der Waals surface area contributed by atoms with E-state index in [1.54, 1.807) is 30.3 Å². The van der Waals surface area contributed by atoms with Crippen LogP contribution in [0.25, 0.3) is 0 Å². The SMILES string of the molecule is O=C(c1ccc2c(c1)OCO2)N1CC(CN2CCN(c3ccc(F)cc3)CC2)C(c2cccc(F)c2)C1. The van der Waals surface area contributed by atoms with Crippen LogP contribution in [0.15, 0.2) is 66.7 Å². The molecule has 37 heavy (non-hydrogen) atoms. The summed E-state index contributed by atoms with van der Waals surface area (Å²) in [5.41, 5.74) is 2.52. The summed E-state index contributed by atoms with van der Waals surface area (Å²) in [7, 11) is 0. The van der Waals surface area contributed by atoms with E-state index in [1.807, 2.05) is 23.1 Å². The van der Waals surface area contributed by atoms with Crippen molar-refractivity contribution in [2.45, 2.75) is 5.92 Å². The molecule has 192 valence electrons. The second-order valence-corrected chi connectivity index (χ2v) is 9.96. The van der Waals surface area contributed by atoms with Crippen LogP contribution in [-0.4, -0.2) is 68.3 Å². The molecule has 0 aliphatic carbocycles. The minimum Gasteiger partial charge on any atom is -0.454 e. The summed E-state index contributed by atoms with van der Waals surface area (Å²) in [6.45, 7) is 5.58. The zero-order valence-corrected chi connectivity index (χ0v) is 20.5. The largest absolute Gasteiger partial charge is 0.454 e. The van der Waals surface area contributed by atoms with Crippen LogP contribution in [0.1, 0.15) is 21.8 Å². The summed E-state index contributed by atoms with van der Waals surface area (Å²) in [6.07, 6.45) is 0. The molecule has 3 aliphatic rings. The number of hydrogen-bond donors (Lipinski definition) is 0. The van der Waals surface area contributed by atoms with Gasteiger partial charge < -0.3 is 19.3 Å². The molecule has 1 amide bonds. The van der Waals surface area contributed by atoms with Crippen molar-refractivity contribution in [3.05, 3.63) is 89.5 Å². The highest BCUT2D eigenvalue weighted by Gasteiger charge is 2.38. The molecule has 0 radical (unpaired) electrons. The molecule has 6 nitrogen and oxygen atoms in total. The molecule has 3 heterocycles. The quantitative estimate of drug-likeness (QED) is 0.515. The summed E-state index contributed by atoms with van der Waals surface area (Å²) in [5, 5.41) is 0. The Kier molecular flexibility index (Phi) is 6.42. The molecule has 8 heteroatoms. The van der Waals surface area contributed by atoms with Gasteiger partial charge in [0, 0.05) is 63.0 Å². The van der Waals surface area contributed by atoms with Crippen molar-refractivity contribution >= 4 is 11.6 Å². The Labute approximate surface area is 215 Å². The van der Waals surface area contributed by atoms with E-state index in [0.717, 1.165) is 44.0 Å². The summed E-state index contributed by atoms with van der Waals surface area (Å²) in [5.74, 6) is 0.913. The summed E-state index contributed by atoms with van der Waals surface area (Å²) in [4.78, 5) is 20.0. The van der Waals surface area contributed by atoms with Crippen LogP contribution in [-0.2, 0) is 0 Å². The third kappa shape index (κ3) is 4.98. The zero-order chi connectivity index (χ0) is 25.4. The van der Waals surface area contributed by atoms with Crippen molar-refractivity contribution < 1.29 is 23.0 Å². The monoisotopic (exact) mass is 505 g/mol. The van der Waals surface area contributed by atoms with E-state index < -0.39 is 0 Å². The molecule has 2 atom stereocenters. The van der Waals surface area contributed by atoms with Gasteiger partial charge in [-0.05, 0) is 66.1 Å². The van der Waals surface area contributed by atoms with Crippen molar-refractivity contribution in [1.29, 1.82) is 0 Å². The third-order valence-electron chi connectivity index (χ3n) is 7.68. The summed E-state index contributed by atoms with van der Waals surface area (Å²) in [6, 6.07) is 18.7. The number of carbonyl (C=O) groups is 1. The van der Waals surface area contributed by atoms with Crippen molar-refractivity contribution in [3.8, 4) is 11.5 Å². The number of ether oxygens (including phenoxy) is 2. The maximum absolute atomic E-state index is 14.1. The Bertz CT molecular complexity index is 1280. The fourth-order valence-electron chi connectivity index (χ4n) is 5.72. The van der Waals surface area contributed by atoms with Crippen molar-refractivity contribution in [3.63, 3.8) is 0 Å². The number of fused-ring (bicyclic) bond motifs is 1. The minimum atomic E-state index is -0.260. The minimum absolute atomic E-state index is 0.0452. The van der Waals surface area contributed by atoms with Gasteiger partial charge in [0.2, 0.25) is 6.79 Å². The average molecular weight is 506 g/mol. The molecule has 2 fully saturated rings. The Morgan fingerprint density at radius 1 is 0.838 bits per heavy atom. The van der Waals surface area contributed by atoms with Crippen LogP contribution in [0.5, 0.6) is 11.5 Å². The lowest BCUT2D eigenvalue weighted by Crippen LogP contribution is -2.48. The number of anilines is 1. The number of nitrogens with zero attached hydrogens (tertiary/aromatic N) is 3. The normalized spacial score (nSPS) is 21.5. The van der Waals surface area contributed by atoms with Crippen LogP contribution < -0.4 is 14.4 Å². The first-order valence-corrected chi connectivity index (χ1v) is 12.7. The molecule has 3 aliphatic heterocycles. The molecular formula is C29H29F2N3O3. The van der Waals surface area contributed by atoms with Gasteiger partial charge in [-0.15, -0.1) is 0 Å². The lowest BCUT2D eigenvalue weighted by Gasteiger charge is -2.37. The predicted molar refractivity (Wildman–Crippen MR) is 136 cm³/mol. The third-order valence-corrected chi connectivity index (χ3v) is 7.68. The second-order valence-electron chi connectivity index (χ2n) is 9.96. The maximum atomic E-state index is 14.1. The predicted octanol–water partition coefficient (Wildman–Crippen LogP) is 4.37. The number of amides is 1. The molecule has 2 unspecified atom stereocenters. The first kappa shape index (κ1) is 23.7. The number of rotatable bonds is 5. The molecule has 6 rings (SSSR count). The van der Waals surface area contributed by atoms with Crippen LogP contribution in [0, 0.1) is 17.6 Å². The number of likely N-dealkylation sites (tertiary alicyclic amines) is 1. The lowest BCUT2D eigenvalue weighted by molar-refractivity contribution is 0.0782. The highest BCUT2D eigenvalue weighted by Crippen LogP contribution is 2.37. The van der Waals surface area contributed by atoms with Crippen LogP contribution in [0.2, 0.25) is 0 Å². The van der Waals surface area contributed by atoms with E-state index >= 15 is 0 Å². The standard InChI is InChI=1S/C29H29F2N3O3/c30-23-5-7-25(8-6-23)33-12-10-32(11-13-33)16-22-17-34(18-26(22)20-2-1-3-24(31)14-20)29(35)21-4-9-27-28(15-21)37-19-36-27/h1-9,14-15,22,26H,10-13,16-19H2. The van der Waals surface area contributed by atoms with Gasteiger partial charge in [-0.2, -0.15) is 0 Å². The number of carbonyl (C=O) groups excluding carboxylic acids is 1. The Balaban J connectivity index is 1.16. The van der Waals surface area contributed by atoms with Gasteiger partial charge in [0.15, 0.2) is 11.5 Å². The zero-order valence-electron chi connectivity index (χ0n) is 20.5. The molecule has 0 saturated carbocycles. The maximum Gasteiger partial charge on any atom is 0.254 e. The highest BCUT2D eigenvalue weighted by atomic mass is 19.1. The Hall–Kier alpha value is -3.65. The van der Waals surface area contributed by atoms with Crippen molar-refractivity contribution in [1.82, 2.24) is 9.80 Å². The van der Waals surface area contributed by atoms with E-state index in [0.29, 0.717) is 30.2 Å².